The van der Waals surface area contributed by atoms with Gasteiger partial charge >= 0.3 is 5.69 Å². The van der Waals surface area contributed by atoms with Gasteiger partial charge < -0.3 is 14.6 Å². The number of benzene rings is 3. The molecule has 8 nitrogen and oxygen atoms in total. The van der Waals surface area contributed by atoms with Crippen molar-refractivity contribution in [3.05, 3.63) is 74.8 Å². The van der Waals surface area contributed by atoms with E-state index in [9.17, 15) is 20.3 Å². The van der Waals surface area contributed by atoms with E-state index in [1.165, 1.54) is 18.3 Å². The van der Waals surface area contributed by atoms with Crippen molar-refractivity contribution < 1.29 is 19.6 Å². The Kier molecular flexibility index (Phi) is 5.31. The van der Waals surface area contributed by atoms with E-state index in [0.717, 1.165) is 18.1 Å². The maximum Gasteiger partial charge on any atom is 0.312 e. The first-order valence-corrected chi connectivity index (χ1v) is 9.67. The SMILES string of the molecule is CCc1ccc2oc(-c3cc(N=Cc4cc(Cl)cc([N+](=O)[O-])c4O)ccc3O)nc2c1. The first kappa shape index (κ1) is 20.4. The van der Waals surface area contributed by atoms with Crippen molar-refractivity contribution in [3.8, 4) is 23.0 Å². The van der Waals surface area contributed by atoms with E-state index in [1.54, 1.807) is 12.1 Å². The minimum absolute atomic E-state index is 0.0394. The fourth-order valence-electron chi connectivity index (χ4n) is 3.07. The lowest BCUT2D eigenvalue weighted by atomic mass is 10.1. The number of phenolic OH excluding ortho intramolecular Hbond substituents is 2. The first-order chi connectivity index (χ1) is 14.9. The van der Waals surface area contributed by atoms with Crippen LogP contribution in [-0.2, 0) is 6.42 Å². The second-order valence-electron chi connectivity index (χ2n) is 6.75. The summed E-state index contributed by atoms with van der Waals surface area (Å²) >= 11 is 5.90. The van der Waals surface area contributed by atoms with Crippen LogP contribution in [0.5, 0.6) is 11.5 Å². The highest BCUT2D eigenvalue weighted by atomic mass is 35.5. The van der Waals surface area contributed by atoms with Crippen LogP contribution in [0.4, 0.5) is 11.4 Å². The molecule has 0 aliphatic rings. The van der Waals surface area contributed by atoms with E-state index < -0.39 is 16.4 Å². The number of nitro benzene ring substituents is 1. The molecule has 1 heterocycles. The molecule has 0 aliphatic carbocycles. The van der Waals surface area contributed by atoms with Gasteiger partial charge in [-0.15, -0.1) is 0 Å². The van der Waals surface area contributed by atoms with Gasteiger partial charge in [0.1, 0.15) is 11.3 Å². The predicted octanol–water partition coefficient (Wildman–Crippen LogP) is 5.78. The van der Waals surface area contributed by atoms with Gasteiger partial charge in [-0.3, -0.25) is 15.1 Å². The molecule has 4 aromatic rings. The molecule has 2 N–H and O–H groups in total. The van der Waals surface area contributed by atoms with Crippen molar-refractivity contribution in [2.24, 2.45) is 4.99 Å². The third-order valence-electron chi connectivity index (χ3n) is 4.70. The van der Waals surface area contributed by atoms with Crippen LogP contribution in [0, 0.1) is 10.1 Å². The van der Waals surface area contributed by atoms with Crippen LogP contribution in [-0.4, -0.2) is 26.3 Å². The maximum atomic E-state index is 11.1. The smallest absolute Gasteiger partial charge is 0.312 e. The molecule has 0 aliphatic heterocycles. The van der Waals surface area contributed by atoms with Gasteiger partial charge in [0, 0.05) is 22.9 Å². The van der Waals surface area contributed by atoms with Crippen molar-refractivity contribution in [1.29, 1.82) is 0 Å². The topological polar surface area (TPSA) is 122 Å². The van der Waals surface area contributed by atoms with Gasteiger partial charge in [-0.05, 0) is 48.4 Å². The number of rotatable bonds is 5. The molecule has 0 radical (unpaired) electrons. The molecule has 0 spiro atoms. The van der Waals surface area contributed by atoms with E-state index in [2.05, 4.69) is 9.98 Å². The average molecular weight is 438 g/mol. The Morgan fingerprint density at radius 1 is 1.19 bits per heavy atom. The van der Waals surface area contributed by atoms with E-state index >= 15 is 0 Å². The molecule has 0 unspecified atom stereocenters. The Morgan fingerprint density at radius 2 is 2.00 bits per heavy atom. The number of hydrogen-bond donors (Lipinski definition) is 2. The molecule has 0 atom stereocenters. The van der Waals surface area contributed by atoms with E-state index in [0.29, 0.717) is 22.4 Å². The van der Waals surface area contributed by atoms with E-state index in [1.807, 2.05) is 25.1 Å². The highest BCUT2D eigenvalue weighted by Gasteiger charge is 2.18. The summed E-state index contributed by atoms with van der Waals surface area (Å²) in [5.74, 6) is -0.343. The number of halogens is 1. The van der Waals surface area contributed by atoms with Crippen LogP contribution in [0.25, 0.3) is 22.6 Å². The van der Waals surface area contributed by atoms with Crippen LogP contribution < -0.4 is 0 Å². The summed E-state index contributed by atoms with van der Waals surface area (Å²) in [5, 5.41) is 31.5. The minimum atomic E-state index is -0.728. The summed E-state index contributed by atoms with van der Waals surface area (Å²) in [6.07, 6.45) is 2.12. The summed E-state index contributed by atoms with van der Waals surface area (Å²) in [6.45, 7) is 2.04. The van der Waals surface area contributed by atoms with Crippen molar-refractivity contribution in [3.63, 3.8) is 0 Å². The summed E-state index contributed by atoms with van der Waals surface area (Å²) in [6, 6.07) is 12.7. The van der Waals surface area contributed by atoms with Crippen molar-refractivity contribution >= 4 is 40.3 Å². The number of aromatic nitrogens is 1. The third-order valence-corrected chi connectivity index (χ3v) is 4.92. The number of nitrogens with zero attached hydrogens (tertiary/aromatic N) is 3. The number of oxazole rings is 1. The normalized spacial score (nSPS) is 11.4. The second-order valence-corrected chi connectivity index (χ2v) is 7.19. The first-order valence-electron chi connectivity index (χ1n) is 9.29. The number of phenols is 2. The molecule has 0 saturated carbocycles. The van der Waals surface area contributed by atoms with Gasteiger partial charge in [0.2, 0.25) is 11.6 Å². The fourth-order valence-corrected chi connectivity index (χ4v) is 3.29. The highest BCUT2D eigenvalue weighted by Crippen LogP contribution is 2.35. The molecule has 0 saturated heterocycles. The summed E-state index contributed by atoms with van der Waals surface area (Å²) in [4.78, 5) is 19.0. The number of aryl methyl sites for hydroxylation is 1. The molecule has 3 aromatic carbocycles. The molecule has 9 heteroatoms. The molecular formula is C22H16ClN3O5. The van der Waals surface area contributed by atoms with Crippen LogP contribution in [0.15, 0.2) is 57.9 Å². The van der Waals surface area contributed by atoms with Crippen molar-refractivity contribution in [2.45, 2.75) is 13.3 Å². The van der Waals surface area contributed by atoms with Gasteiger partial charge in [0.25, 0.3) is 0 Å². The Labute approximate surface area is 181 Å². The van der Waals surface area contributed by atoms with Gasteiger partial charge in [-0.1, -0.05) is 24.6 Å². The molecule has 1 aromatic heterocycles. The Balaban J connectivity index is 1.71. The van der Waals surface area contributed by atoms with Gasteiger partial charge in [-0.2, -0.15) is 0 Å². The summed E-state index contributed by atoms with van der Waals surface area (Å²) in [5.41, 5.74) is 2.71. The summed E-state index contributed by atoms with van der Waals surface area (Å²) in [7, 11) is 0. The number of fused-ring (bicyclic) bond motifs is 1. The van der Waals surface area contributed by atoms with Gasteiger partial charge in [0.05, 0.1) is 16.2 Å². The van der Waals surface area contributed by atoms with E-state index in [4.69, 9.17) is 16.0 Å². The van der Waals surface area contributed by atoms with Gasteiger partial charge in [-0.25, -0.2) is 4.98 Å². The van der Waals surface area contributed by atoms with Crippen LogP contribution >= 0.6 is 11.6 Å². The predicted molar refractivity (Wildman–Crippen MR) is 118 cm³/mol. The number of hydrogen-bond acceptors (Lipinski definition) is 7. The number of aliphatic imine (C=N–C) groups is 1. The van der Waals surface area contributed by atoms with Crippen LogP contribution in [0.3, 0.4) is 0 Å². The monoisotopic (exact) mass is 437 g/mol. The molecule has 156 valence electrons. The van der Waals surface area contributed by atoms with Crippen LogP contribution in [0.1, 0.15) is 18.1 Å². The number of aromatic hydroxyl groups is 2. The average Bonchev–Trinajstić information content (AvgIpc) is 3.17. The zero-order valence-electron chi connectivity index (χ0n) is 16.2. The van der Waals surface area contributed by atoms with Crippen molar-refractivity contribution in [1.82, 2.24) is 4.98 Å². The summed E-state index contributed by atoms with van der Waals surface area (Å²) < 4.78 is 5.77. The minimum Gasteiger partial charge on any atom is -0.507 e. The Hall–Kier alpha value is -3.91. The van der Waals surface area contributed by atoms with Crippen molar-refractivity contribution in [2.75, 3.05) is 0 Å². The van der Waals surface area contributed by atoms with Crippen LogP contribution in [0.2, 0.25) is 5.02 Å². The largest absolute Gasteiger partial charge is 0.507 e. The molecule has 0 bridgehead atoms. The maximum absolute atomic E-state index is 11.1. The fraction of sp³-hybridized carbons (Fsp3) is 0.0909. The molecule has 0 amide bonds. The second kappa shape index (κ2) is 8.08. The molecule has 4 rings (SSSR count). The Morgan fingerprint density at radius 3 is 2.74 bits per heavy atom. The van der Waals surface area contributed by atoms with Gasteiger partial charge in [0.15, 0.2) is 5.58 Å². The molecular weight excluding hydrogens is 422 g/mol. The zero-order valence-corrected chi connectivity index (χ0v) is 17.0. The van der Waals surface area contributed by atoms with E-state index in [-0.39, 0.29) is 22.2 Å². The quantitative estimate of drug-likeness (QED) is 0.232. The highest BCUT2D eigenvalue weighted by molar-refractivity contribution is 6.31. The Bertz CT molecular complexity index is 1350. The molecule has 0 fully saturated rings. The lowest BCUT2D eigenvalue weighted by Crippen LogP contribution is -1.92. The number of nitro groups is 1. The molecule has 31 heavy (non-hydrogen) atoms. The lowest BCUT2D eigenvalue weighted by Gasteiger charge is -2.03. The zero-order chi connectivity index (χ0) is 22.1. The third kappa shape index (κ3) is 4.06. The standard InChI is InChI=1S/C22H16ClN3O5/c1-2-12-3-6-20-17(7-12)25-22(31-20)16-10-15(4-5-19(16)27)24-11-13-8-14(23)9-18(21(13)28)26(29)30/h3-11,27-28H,2H2,1H3. The lowest BCUT2D eigenvalue weighted by molar-refractivity contribution is -0.385.